The van der Waals surface area contributed by atoms with E-state index in [9.17, 15) is 10.1 Å². The lowest BCUT2D eigenvalue weighted by molar-refractivity contribution is 0.366. The number of pyridine rings is 2. The Balaban J connectivity index is 1.41. The quantitative estimate of drug-likeness (QED) is 0.457. The molecule has 0 aliphatic heterocycles. The highest BCUT2D eigenvalue weighted by Crippen LogP contribution is 2.40. The van der Waals surface area contributed by atoms with E-state index in [0.717, 1.165) is 31.4 Å². The number of nitriles is 1. The van der Waals surface area contributed by atoms with Crippen molar-refractivity contribution in [2.24, 2.45) is 7.05 Å². The minimum absolute atomic E-state index is 0.122. The summed E-state index contributed by atoms with van der Waals surface area (Å²) in [4.78, 5) is 22.2. The topological polar surface area (TPSA) is 74.4 Å². The Kier molecular flexibility index (Phi) is 6.33. The molecule has 2 heterocycles. The summed E-state index contributed by atoms with van der Waals surface area (Å²) in [5, 5.41) is 10.2. The first-order chi connectivity index (χ1) is 16.9. The van der Waals surface area contributed by atoms with Crippen LogP contribution in [-0.4, -0.2) is 41.8 Å². The van der Waals surface area contributed by atoms with Gasteiger partial charge in [-0.15, -0.1) is 0 Å². The molecule has 0 bridgehead atoms. The van der Waals surface area contributed by atoms with Gasteiger partial charge in [0.2, 0.25) is 0 Å². The van der Waals surface area contributed by atoms with Crippen LogP contribution in [0.4, 0.5) is 11.4 Å². The van der Waals surface area contributed by atoms with Crippen LogP contribution >= 0.6 is 11.6 Å². The van der Waals surface area contributed by atoms with E-state index >= 15 is 0 Å². The second-order valence-corrected chi connectivity index (χ2v) is 10.00. The largest absolute Gasteiger partial charge is 0.497 e. The Hall–Kier alpha value is -3.24. The van der Waals surface area contributed by atoms with Crippen molar-refractivity contribution in [1.82, 2.24) is 9.55 Å². The van der Waals surface area contributed by atoms with Crippen molar-refractivity contribution >= 4 is 34.0 Å². The fraction of sp³-hybridized carbons (Fsp3) is 0.444. The first-order valence-electron chi connectivity index (χ1n) is 12.2. The van der Waals surface area contributed by atoms with Gasteiger partial charge in [0.1, 0.15) is 28.1 Å². The van der Waals surface area contributed by atoms with Gasteiger partial charge in [-0.05, 0) is 74.9 Å². The summed E-state index contributed by atoms with van der Waals surface area (Å²) >= 11 is 6.22. The number of anilines is 2. The average molecular weight is 492 g/mol. The highest BCUT2D eigenvalue weighted by Gasteiger charge is 2.37. The average Bonchev–Trinajstić information content (AvgIpc) is 3.71. The molecule has 2 saturated carbocycles. The zero-order valence-corrected chi connectivity index (χ0v) is 21.1. The van der Waals surface area contributed by atoms with E-state index in [1.54, 1.807) is 26.3 Å². The van der Waals surface area contributed by atoms with Gasteiger partial charge in [-0.1, -0.05) is 11.6 Å². The molecule has 3 aromatic rings. The minimum Gasteiger partial charge on any atom is -0.497 e. The van der Waals surface area contributed by atoms with E-state index in [1.807, 2.05) is 19.2 Å². The zero-order chi connectivity index (χ0) is 24.7. The van der Waals surface area contributed by atoms with E-state index < -0.39 is 0 Å². The lowest BCUT2D eigenvalue weighted by atomic mass is 9.88. The molecule has 0 atom stereocenters. The van der Waals surface area contributed by atoms with Crippen molar-refractivity contribution in [3.8, 4) is 11.8 Å². The van der Waals surface area contributed by atoms with Crippen LogP contribution in [0.5, 0.6) is 5.75 Å². The summed E-state index contributed by atoms with van der Waals surface area (Å²) in [6.45, 7) is 0. The number of aryl methyl sites for hydroxylation is 1. The van der Waals surface area contributed by atoms with Gasteiger partial charge in [0.25, 0.3) is 5.56 Å². The summed E-state index contributed by atoms with van der Waals surface area (Å²) in [5.41, 5.74) is 2.93. The molecule has 0 N–H and O–H groups in total. The van der Waals surface area contributed by atoms with Crippen LogP contribution in [-0.2, 0) is 7.05 Å². The normalized spacial score (nSPS) is 19.9. The molecule has 2 aliphatic rings. The van der Waals surface area contributed by atoms with Crippen LogP contribution in [0.1, 0.15) is 44.1 Å². The van der Waals surface area contributed by atoms with Crippen LogP contribution in [0.3, 0.4) is 0 Å². The molecule has 182 valence electrons. The van der Waals surface area contributed by atoms with Crippen molar-refractivity contribution in [3.05, 3.63) is 57.5 Å². The predicted octanol–water partition coefficient (Wildman–Crippen LogP) is 4.88. The molecule has 0 saturated heterocycles. The van der Waals surface area contributed by atoms with Crippen LogP contribution in [0.25, 0.3) is 11.0 Å². The fourth-order valence-electron chi connectivity index (χ4n) is 5.55. The second-order valence-electron chi connectivity index (χ2n) is 9.61. The van der Waals surface area contributed by atoms with Crippen molar-refractivity contribution < 1.29 is 4.74 Å². The summed E-state index contributed by atoms with van der Waals surface area (Å²) in [5.74, 6) is 0.873. The molecule has 0 unspecified atom stereocenters. The zero-order valence-electron chi connectivity index (χ0n) is 20.4. The number of nitrogens with zero attached hydrogens (tertiary/aromatic N) is 5. The highest BCUT2D eigenvalue weighted by molar-refractivity contribution is 6.29. The molecule has 2 fully saturated rings. The van der Waals surface area contributed by atoms with E-state index in [4.69, 9.17) is 16.3 Å². The third-order valence-corrected chi connectivity index (χ3v) is 7.77. The number of halogens is 1. The molecule has 7 nitrogen and oxygen atoms in total. The number of methoxy groups -OCH3 is 1. The van der Waals surface area contributed by atoms with Gasteiger partial charge in [-0.25, -0.2) is 4.98 Å². The number of aromatic nitrogens is 2. The van der Waals surface area contributed by atoms with Crippen molar-refractivity contribution in [2.45, 2.75) is 56.7 Å². The van der Waals surface area contributed by atoms with Gasteiger partial charge in [0, 0.05) is 37.9 Å². The van der Waals surface area contributed by atoms with Gasteiger partial charge in [-0.2, -0.15) is 5.26 Å². The molecule has 0 spiro atoms. The fourth-order valence-corrected chi connectivity index (χ4v) is 5.69. The maximum atomic E-state index is 13.0. The number of fused-ring (bicyclic) bond motifs is 1. The molecule has 0 amide bonds. The molecule has 2 aromatic heterocycles. The van der Waals surface area contributed by atoms with E-state index in [2.05, 4.69) is 33.0 Å². The lowest BCUT2D eigenvalue weighted by Crippen LogP contribution is -2.44. The third kappa shape index (κ3) is 4.32. The van der Waals surface area contributed by atoms with Gasteiger partial charge >= 0.3 is 0 Å². The SMILES string of the molecule is COc1ccc(N(C2CC2)[C@H]2CC[C@H](N(C)c3c(C#N)c(=O)n(C)c4ccc(Cl)nc34)CC2)cc1. The Bertz CT molecular complexity index is 1330. The standard InChI is InChI=1S/C27H30ClN5O2/c1-31(26-22(16-29)27(34)32(2)23-14-15-24(28)30-25(23)26)17-4-6-18(7-5-17)33(19-8-9-19)20-10-12-21(35-3)13-11-20/h10-15,17-19H,4-9H2,1-3H3/t17-,18-. The van der Waals surface area contributed by atoms with Gasteiger partial charge in [-0.3, -0.25) is 4.79 Å². The minimum atomic E-state index is -0.306. The molecular formula is C27H30ClN5O2. The van der Waals surface area contributed by atoms with E-state index in [1.165, 1.54) is 23.1 Å². The van der Waals surface area contributed by atoms with Crippen LogP contribution in [0.2, 0.25) is 5.15 Å². The Morgan fingerprint density at radius 2 is 1.63 bits per heavy atom. The van der Waals surface area contributed by atoms with Crippen molar-refractivity contribution in [2.75, 3.05) is 24.0 Å². The number of rotatable bonds is 6. The monoisotopic (exact) mass is 491 g/mol. The molecule has 2 aliphatic carbocycles. The maximum Gasteiger partial charge on any atom is 0.270 e. The van der Waals surface area contributed by atoms with Gasteiger partial charge in [0.15, 0.2) is 0 Å². The lowest BCUT2D eigenvalue weighted by Gasteiger charge is -2.42. The number of hydrogen-bond acceptors (Lipinski definition) is 6. The van der Waals surface area contributed by atoms with Crippen LogP contribution < -0.4 is 20.1 Å². The smallest absolute Gasteiger partial charge is 0.270 e. The predicted molar refractivity (Wildman–Crippen MR) is 140 cm³/mol. The summed E-state index contributed by atoms with van der Waals surface area (Å²) < 4.78 is 6.82. The number of hydrogen-bond donors (Lipinski definition) is 0. The number of benzene rings is 1. The first-order valence-corrected chi connectivity index (χ1v) is 12.5. The van der Waals surface area contributed by atoms with E-state index in [0.29, 0.717) is 34.0 Å². The number of ether oxygens (including phenoxy) is 1. The molecule has 8 heteroatoms. The Morgan fingerprint density at radius 1 is 1.03 bits per heavy atom. The summed E-state index contributed by atoms with van der Waals surface area (Å²) in [6, 6.07) is 15.3. The highest BCUT2D eigenvalue weighted by atomic mass is 35.5. The maximum absolute atomic E-state index is 13.0. The van der Waals surface area contributed by atoms with Crippen LogP contribution in [0, 0.1) is 11.3 Å². The van der Waals surface area contributed by atoms with Crippen molar-refractivity contribution in [1.29, 1.82) is 5.26 Å². The first kappa shape index (κ1) is 23.5. The third-order valence-electron chi connectivity index (χ3n) is 7.56. The Labute approximate surface area is 210 Å². The summed E-state index contributed by atoms with van der Waals surface area (Å²) in [7, 11) is 5.34. The van der Waals surface area contributed by atoms with E-state index in [-0.39, 0.29) is 17.2 Å². The molecular weight excluding hydrogens is 462 g/mol. The molecule has 35 heavy (non-hydrogen) atoms. The molecule has 0 radical (unpaired) electrons. The molecule has 1 aromatic carbocycles. The van der Waals surface area contributed by atoms with Crippen molar-refractivity contribution in [3.63, 3.8) is 0 Å². The van der Waals surface area contributed by atoms with Crippen LogP contribution in [0.15, 0.2) is 41.2 Å². The summed E-state index contributed by atoms with van der Waals surface area (Å²) in [6.07, 6.45) is 6.53. The van der Waals surface area contributed by atoms with Gasteiger partial charge < -0.3 is 19.1 Å². The molecule has 5 rings (SSSR count). The van der Waals surface area contributed by atoms with Gasteiger partial charge in [0.05, 0.1) is 18.3 Å². The second kappa shape index (κ2) is 9.43. The Morgan fingerprint density at radius 3 is 2.20 bits per heavy atom.